The number of rotatable bonds is 7. The van der Waals surface area contributed by atoms with Crippen molar-refractivity contribution in [1.82, 2.24) is 19.9 Å². The van der Waals surface area contributed by atoms with Gasteiger partial charge in [-0.15, -0.1) is 0 Å². The first-order chi connectivity index (χ1) is 13.4. The number of aromatic nitrogens is 3. The molecule has 140 valence electrons. The maximum absolute atomic E-state index is 5.91. The lowest BCUT2D eigenvalue weighted by Crippen LogP contribution is -2.47. The number of hydrogen-bond donors (Lipinski definition) is 0. The highest BCUT2D eigenvalue weighted by atomic mass is 16.5. The Morgan fingerprint density at radius 1 is 0.852 bits per heavy atom. The van der Waals surface area contributed by atoms with Gasteiger partial charge >= 0.3 is 0 Å². The van der Waals surface area contributed by atoms with Gasteiger partial charge in [0.1, 0.15) is 5.75 Å². The van der Waals surface area contributed by atoms with Gasteiger partial charge in [0.2, 0.25) is 5.95 Å². The summed E-state index contributed by atoms with van der Waals surface area (Å²) in [5, 5.41) is 1.12. The van der Waals surface area contributed by atoms with E-state index in [1.54, 1.807) is 12.4 Å². The quantitative estimate of drug-likeness (QED) is 0.602. The lowest BCUT2D eigenvalue weighted by molar-refractivity contribution is 0.238. The van der Waals surface area contributed by atoms with Crippen LogP contribution in [0.4, 0.5) is 5.95 Å². The average Bonchev–Trinajstić information content (AvgIpc) is 2.74. The Morgan fingerprint density at radius 2 is 1.67 bits per heavy atom. The second-order valence-corrected chi connectivity index (χ2v) is 6.79. The molecule has 2 aromatic heterocycles. The van der Waals surface area contributed by atoms with E-state index in [1.807, 2.05) is 30.5 Å². The zero-order valence-corrected chi connectivity index (χ0v) is 15.5. The molecule has 1 fully saturated rings. The van der Waals surface area contributed by atoms with E-state index in [0.717, 1.165) is 74.8 Å². The van der Waals surface area contributed by atoms with E-state index in [-0.39, 0.29) is 0 Å². The number of ether oxygens (including phenoxy) is 1. The van der Waals surface area contributed by atoms with E-state index >= 15 is 0 Å². The van der Waals surface area contributed by atoms with Gasteiger partial charge in [-0.25, -0.2) is 9.97 Å². The van der Waals surface area contributed by atoms with Gasteiger partial charge in [0.25, 0.3) is 0 Å². The molecule has 0 bridgehead atoms. The first-order valence-electron chi connectivity index (χ1n) is 9.60. The van der Waals surface area contributed by atoms with Crippen LogP contribution in [-0.2, 0) is 0 Å². The van der Waals surface area contributed by atoms with E-state index in [4.69, 9.17) is 4.74 Å². The molecule has 0 aliphatic carbocycles. The molecular formula is C21H25N5O. The number of unbranched alkanes of at least 4 members (excludes halogenated alkanes) is 1. The van der Waals surface area contributed by atoms with Gasteiger partial charge in [-0.2, -0.15) is 0 Å². The normalized spacial score (nSPS) is 15.2. The fraction of sp³-hybridized carbons (Fsp3) is 0.381. The first kappa shape index (κ1) is 17.7. The number of nitrogens with zero attached hydrogens (tertiary/aromatic N) is 5. The lowest BCUT2D eigenvalue weighted by atomic mass is 10.2. The predicted molar refractivity (Wildman–Crippen MR) is 107 cm³/mol. The van der Waals surface area contributed by atoms with E-state index in [1.165, 1.54) is 0 Å². The van der Waals surface area contributed by atoms with Crippen LogP contribution in [0.5, 0.6) is 5.75 Å². The third kappa shape index (κ3) is 4.71. The fourth-order valence-electron chi connectivity index (χ4n) is 3.40. The second kappa shape index (κ2) is 8.77. The summed E-state index contributed by atoms with van der Waals surface area (Å²) in [6.45, 7) is 5.99. The van der Waals surface area contributed by atoms with E-state index in [2.05, 4.69) is 36.9 Å². The highest BCUT2D eigenvalue weighted by molar-refractivity contribution is 5.79. The molecule has 6 heteroatoms. The van der Waals surface area contributed by atoms with Crippen LogP contribution in [0.3, 0.4) is 0 Å². The van der Waals surface area contributed by atoms with Crippen molar-refractivity contribution in [3.05, 3.63) is 55.0 Å². The summed E-state index contributed by atoms with van der Waals surface area (Å²) in [6, 6.07) is 12.0. The van der Waals surface area contributed by atoms with E-state index < -0.39 is 0 Å². The number of benzene rings is 1. The van der Waals surface area contributed by atoms with Crippen LogP contribution >= 0.6 is 0 Å². The Hall–Kier alpha value is -2.73. The molecule has 0 radical (unpaired) electrons. The van der Waals surface area contributed by atoms with Gasteiger partial charge in [-0.3, -0.25) is 9.88 Å². The van der Waals surface area contributed by atoms with Gasteiger partial charge in [0.05, 0.1) is 12.1 Å². The van der Waals surface area contributed by atoms with Gasteiger partial charge in [0, 0.05) is 50.2 Å². The summed E-state index contributed by atoms with van der Waals surface area (Å²) in [6.07, 6.45) is 7.64. The van der Waals surface area contributed by atoms with Crippen LogP contribution in [0.2, 0.25) is 0 Å². The molecule has 0 unspecified atom stereocenters. The topological polar surface area (TPSA) is 54.4 Å². The Bertz CT molecular complexity index is 849. The molecule has 27 heavy (non-hydrogen) atoms. The van der Waals surface area contributed by atoms with Crippen molar-refractivity contribution in [2.45, 2.75) is 12.8 Å². The van der Waals surface area contributed by atoms with Gasteiger partial charge in [-0.1, -0.05) is 6.07 Å². The molecule has 0 atom stereocenters. The highest BCUT2D eigenvalue weighted by Gasteiger charge is 2.18. The zero-order valence-electron chi connectivity index (χ0n) is 15.5. The molecule has 3 aromatic rings. The lowest BCUT2D eigenvalue weighted by Gasteiger charge is -2.34. The molecule has 0 spiro atoms. The number of pyridine rings is 1. The minimum absolute atomic E-state index is 0.754. The highest BCUT2D eigenvalue weighted by Crippen LogP contribution is 2.19. The molecule has 1 saturated heterocycles. The number of piperazine rings is 1. The standard InChI is InChI=1S/C21H25N5O/c1(2-16-27-19-6-7-20-18(17-19)5-3-8-22-20)11-25-12-14-26(15-13-25)21-23-9-4-10-24-21/h3-10,17H,1-2,11-16H2. The number of hydrogen-bond acceptors (Lipinski definition) is 6. The van der Waals surface area contributed by atoms with Gasteiger partial charge < -0.3 is 9.64 Å². The Kier molecular flexibility index (Phi) is 5.74. The minimum atomic E-state index is 0.754. The molecule has 3 heterocycles. The van der Waals surface area contributed by atoms with E-state index in [9.17, 15) is 0 Å². The molecule has 6 nitrogen and oxygen atoms in total. The molecule has 0 saturated carbocycles. The molecule has 1 aliphatic heterocycles. The van der Waals surface area contributed by atoms with Crippen molar-refractivity contribution in [1.29, 1.82) is 0 Å². The molecule has 0 N–H and O–H groups in total. The average molecular weight is 363 g/mol. The Balaban J connectivity index is 1.14. The van der Waals surface area contributed by atoms with Crippen molar-refractivity contribution < 1.29 is 4.74 Å². The van der Waals surface area contributed by atoms with Crippen molar-refractivity contribution >= 4 is 16.9 Å². The summed E-state index contributed by atoms with van der Waals surface area (Å²) < 4.78 is 5.91. The molecule has 1 aliphatic rings. The van der Waals surface area contributed by atoms with Crippen molar-refractivity contribution in [3.8, 4) is 5.75 Å². The summed E-state index contributed by atoms with van der Waals surface area (Å²) in [7, 11) is 0. The molecule has 0 amide bonds. The molecule has 1 aromatic carbocycles. The van der Waals surface area contributed by atoms with Crippen LogP contribution in [-0.4, -0.2) is 59.2 Å². The van der Waals surface area contributed by atoms with Crippen molar-refractivity contribution in [3.63, 3.8) is 0 Å². The molecular weight excluding hydrogens is 338 g/mol. The summed E-state index contributed by atoms with van der Waals surface area (Å²) in [4.78, 5) is 17.8. The molecule has 4 rings (SSSR count). The number of fused-ring (bicyclic) bond motifs is 1. The largest absolute Gasteiger partial charge is 0.494 e. The van der Waals surface area contributed by atoms with Crippen LogP contribution in [0.25, 0.3) is 10.9 Å². The van der Waals surface area contributed by atoms with Crippen LogP contribution in [0, 0.1) is 0 Å². The fourth-order valence-corrected chi connectivity index (χ4v) is 3.40. The third-order valence-electron chi connectivity index (χ3n) is 4.92. The number of anilines is 1. The third-order valence-corrected chi connectivity index (χ3v) is 4.92. The summed E-state index contributed by atoms with van der Waals surface area (Å²) in [5.41, 5.74) is 1.00. The van der Waals surface area contributed by atoms with Crippen molar-refractivity contribution in [2.24, 2.45) is 0 Å². The monoisotopic (exact) mass is 363 g/mol. The zero-order chi connectivity index (χ0) is 18.3. The second-order valence-electron chi connectivity index (χ2n) is 6.79. The van der Waals surface area contributed by atoms with E-state index in [0.29, 0.717) is 0 Å². The Morgan fingerprint density at radius 3 is 2.52 bits per heavy atom. The first-order valence-corrected chi connectivity index (χ1v) is 9.60. The van der Waals surface area contributed by atoms with Crippen LogP contribution in [0.1, 0.15) is 12.8 Å². The minimum Gasteiger partial charge on any atom is -0.494 e. The van der Waals surface area contributed by atoms with Gasteiger partial charge in [-0.05, 0) is 49.7 Å². The SMILES string of the molecule is c1cnc(N2CCN(CCCCOc3ccc4ncccc4c3)CC2)nc1. The summed E-state index contributed by atoms with van der Waals surface area (Å²) in [5.74, 6) is 1.77. The maximum atomic E-state index is 5.91. The van der Waals surface area contributed by atoms with Crippen molar-refractivity contribution in [2.75, 3.05) is 44.2 Å². The van der Waals surface area contributed by atoms with Crippen LogP contribution < -0.4 is 9.64 Å². The summed E-state index contributed by atoms with van der Waals surface area (Å²) >= 11 is 0. The maximum Gasteiger partial charge on any atom is 0.225 e. The Labute approximate surface area is 159 Å². The predicted octanol–water partition coefficient (Wildman–Crippen LogP) is 3.01. The smallest absolute Gasteiger partial charge is 0.225 e. The van der Waals surface area contributed by atoms with Gasteiger partial charge in [0.15, 0.2) is 0 Å². The van der Waals surface area contributed by atoms with Crippen LogP contribution in [0.15, 0.2) is 55.0 Å².